The summed E-state index contributed by atoms with van der Waals surface area (Å²) in [6.45, 7) is 2.83. The van der Waals surface area contributed by atoms with Crippen LogP contribution in [0, 0.1) is 0 Å². The molecule has 0 aliphatic carbocycles. The molecule has 0 aliphatic rings. The van der Waals surface area contributed by atoms with Crippen molar-refractivity contribution >= 4 is 11.7 Å². The molecular formula is C17H17N3O3. The van der Waals surface area contributed by atoms with E-state index >= 15 is 0 Å². The molecule has 2 heterocycles. The second-order valence-corrected chi connectivity index (χ2v) is 4.84. The average Bonchev–Trinajstić information content (AvgIpc) is 3.21. The zero-order chi connectivity index (χ0) is 16.1. The predicted octanol–water partition coefficient (Wildman–Crippen LogP) is 3.18. The minimum Gasteiger partial charge on any atom is -0.493 e. The Balaban J connectivity index is 1.77. The van der Waals surface area contributed by atoms with Crippen LogP contribution in [0.1, 0.15) is 23.0 Å². The van der Waals surface area contributed by atoms with Gasteiger partial charge in [-0.2, -0.15) is 5.10 Å². The van der Waals surface area contributed by atoms with E-state index in [4.69, 9.17) is 9.15 Å². The van der Waals surface area contributed by atoms with Crippen LogP contribution in [-0.2, 0) is 6.54 Å². The van der Waals surface area contributed by atoms with E-state index in [9.17, 15) is 4.79 Å². The maximum absolute atomic E-state index is 12.5. The number of nitrogens with one attached hydrogen (secondary N) is 1. The molecule has 2 aromatic heterocycles. The second-order valence-electron chi connectivity index (χ2n) is 4.84. The van der Waals surface area contributed by atoms with Crippen LogP contribution in [0.2, 0.25) is 0 Å². The fourth-order valence-electron chi connectivity index (χ4n) is 2.23. The van der Waals surface area contributed by atoms with Crippen molar-refractivity contribution < 1.29 is 13.9 Å². The van der Waals surface area contributed by atoms with Crippen molar-refractivity contribution in [2.24, 2.45) is 0 Å². The molecule has 0 bridgehead atoms. The molecule has 0 saturated heterocycles. The first-order chi connectivity index (χ1) is 11.3. The summed E-state index contributed by atoms with van der Waals surface area (Å²) in [7, 11) is 0. The Labute approximate surface area is 133 Å². The Bertz CT molecular complexity index is 778. The molecule has 0 unspecified atom stereocenters. The molecule has 1 amide bonds. The summed E-state index contributed by atoms with van der Waals surface area (Å²) in [5, 5.41) is 7.07. The first kappa shape index (κ1) is 14.9. The van der Waals surface area contributed by atoms with Gasteiger partial charge in [-0.05, 0) is 31.2 Å². The lowest BCUT2D eigenvalue weighted by Crippen LogP contribution is -2.17. The van der Waals surface area contributed by atoms with Crippen molar-refractivity contribution in [1.82, 2.24) is 9.78 Å². The summed E-state index contributed by atoms with van der Waals surface area (Å²) < 4.78 is 12.5. The van der Waals surface area contributed by atoms with Gasteiger partial charge in [0.1, 0.15) is 23.9 Å². The van der Waals surface area contributed by atoms with Crippen LogP contribution in [0.3, 0.4) is 0 Å². The van der Waals surface area contributed by atoms with Gasteiger partial charge in [-0.3, -0.25) is 4.79 Å². The fourth-order valence-corrected chi connectivity index (χ4v) is 2.23. The molecule has 0 aliphatic heterocycles. The largest absolute Gasteiger partial charge is 0.493 e. The maximum atomic E-state index is 12.5. The zero-order valence-corrected chi connectivity index (χ0v) is 12.7. The highest BCUT2D eigenvalue weighted by Crippen LogP contribution is 2.20. The molecule has 0 atom stereocenters. The van der Waals surface area contributed by atoms with Gasteiger partial charge >= 0.3 is 0 Å². The molecule has 118 valence electrons. The van der Waals surface area contributed by atoms with Gasteiger partial charge in [0.2, 0.25) is 0 Å². The standard InChI is InChI=1S/C17H17N3O3/c1-2-22-15-8-4-3-7-14(15)17(21)19-16-9-10-18-20(16)12-13-6-5-11-23-13/h3-11H,2,12H2,1H3,(H,19,21). The van der Waals surface area contributed by atoms with E-state index in [0.717, 1.165) is 5.76 Å². The van der Waals surface area contributed by atoms with Crippen LogP contribution < -0.4 is 10.1 Å². The topological polar surface area (TPSA) is 69.3 Å². The molecule has 3 rings (SSSR count). The molecule has 0 fully saturated rings. The normalized spacial score (nSPS) is 10.5. The highest BCUT2D eigenvalue weighted by atomic mass is 16.5. The molecule has 3 aromatic rings. The third kappa shape index (κ3) is 3.42. The van der Waals surface area contributed by atoms with Gasteiger partial charge in [0.05, 0.1) is 24.6 Å². The van der Waals surface area contributed by atoms with E-state index in [2.05, 4.69) is 10.4 Å². The van der Waals surface area contributed by atoms with Crippen LogP contribution in [0.5, 0.6) is 5.75 Å². The van der Waals surface area contributed by atoms with Crippen LogP contribution >= 0.6 is 0 Å². The Kier molecular flexibility index (Phi) is 4.42. The lowest BCUT2D eigenvalue weighted by molar-refractivity contribution is 0.102. The van der Waals surface area contributed by atoms with Crippen molar-refractivity contribution in [3.05, 3.63) is 66.2 Å². The summed E-state index contributed by atoms with van der Waals surface area (Å²) in [6, 6.07) is 12.6. The van der Waals surface area contributed by atoms with Gasteiger partial charge in [0.15, 0.2) is 0 Å². The summed E-state index contributed by atoms with van der Waals surface area (Å²) in [4.78, 5) is 12.5. The highest BCUT2D eigenvalue weighted by Gasteiger charge is 2.14. The molecule has 1 N–H and O–H groups in total. The van der Waals surface area contributed by atoms with Gasteiger partial charge in [0, 0.05) is 6.07 Å². The summed E-state index contributed by atoms with van der Waals surface area (Å²) in [5.74, 6) is 1.68. The predicted molar refractivity (Wildman–Crippen MR) is 85.6 cm³/mol. The minimum absolute atomic E-state index is 0.241. The van der Waals surface area contributed by atoms with Crippen molar-refractivity contribution in [2.45, 2.75) is 13.5 Å². The number of nitrogens with zero attached hydrogens (tertiary/aromatic N) is 2. The van der Waals surface area contributed by atoms with Crippen molar-refractivity contribution in [2.75, 3.05) is 11.9 Å². The number of benzene rings is 1. The number of ether oxygens (including phenoxy) is 1. The van der Waals surface area contributed by atoms with Crippen LogP contribution in [0.4, 0.5) is 5.82 Å². The third-order valence-electron chi connectivity index (χ3n) is 3.28. The third-order valence-corrected chi connectivity index (χ3v) is 3.28. The van der Waals surface area contributed by atoms with Crippen molar-refractivity contribution in [3.63, 3.8) is 0 Å². The monoisotopic (exact) mass is 311 g/mol. The summed E-state index contributed by atoms with van der Waals surface area (Å²) in [6.07, 6.45) is 3.24. The molecule has 0 saturated carbocycles. The van der Waals surface area contributed by atoms with E-state index in [1.807, 2.05) is 25.1 Å². The van der Waals surface area contributed by atoms with Gasteiger partial charge in [-0.15, -0.1) is 0 Å². The van der Waals surface area contributed by atoms with E-state index in [1.165, 1.54) is 0 Å². The molecular weight excluding hydrogens is 294 g/mol. The number of furan rings is 1. The number of anilines is 1. The number of hydrogen-bond donors (Lipinski definition) is 1. The van der Waals surface area contributed by atoms with Gasteiger partial charge in [0.25, 0.3) is 5.91 Å². The average molecular weight is 311 g/mol. The van der Waals surface area contributed by atoms with E-state index in [-0.39, 0.29) is 5.91 Å². The Hall–Kier alpha value is -3.02. The fraction of sp³-hybridized carbons (Fsp3) is 0.176. The SMILES string of the molecule is CCOc1ccccc1C(=O)Nc1ccnn1Cc1ccco1. The number of carbonyl (C=O) groups excluding carboxylic acids is 1. The van der Waals surface area contributed by atoms with Crippen LogP contribution in [0.25, 0.3) is 0 Å². The highest BCUT2D eigenvalue weighted by molar-refractivity contribution is 6.05. The molecule has 0 spiro atoms. The number of rotatable bonds is 6. The molecule has 23 heavy (non-hydrogen) atoms. The summed E-state index contributed by atoms with van der Waals surface area (Å²) in [5.41, 5.74) is 0.486. The lowest BCUT2D eigenvalue weighted by Gasteiger charge is -2.11. The van der Waals surface area contributed by atoms with E-state index in [1.54, 1.807) is 41.4 Å². The van der Waals surface area contributed by atoms with Crippen LogP contribution in [0.15, 0.2) is 59.3 Å². The number of carbonyl (C=O) groups is 1. The molecule has 0 radical (unpaired) electrons. The second kappa shape index (κ2) is 6.83. The van der Waals surface area contributed by atoms with Gasteiger partial charge in [-0.1, -0.05) is 12.1 Å². The first-order valence-electron chi connectivity index (χ1n) is 7.35. The molecule has 1 aromatic carbocycles. The van der Waals surface area contributed by atoms with Gasteiger partial charge < -0.3 is 14.5 Å². The Morgan fingerprint density at radius 3 is 2.91 bits per heavy atom. The number of amides is 1. The van der Waals surface area contributed by atoms with Crippen LogP contribution in [-0.4, -0.2) is 22.3 Å². The first-order valence-corrected chi connectivity index (χ1v) is 7.35. The maximum Gasteiger partial charge on any atom is 0.260 e. The van der Waals surface area contributed by atoms with Crippen molar-refractivity contribution in [1.29, 1.82) is 0 Å². The summed E-state index contributed by atoms with van der Waals surface area (Å²) >= 11 is 0. The van der Waals surface area contributed by atoms with E-state index < -0.39 is 0 Å². The Morgan fingerprint density at radius 1 is 1.26 bits per heavy atom. The lowest BCUT2D eigenvalue weighted by atomic mass is 10.2. The molecule has 6 heteroatoms. The zero-order valence-electron chi connectivity index (χ0n) is 12.7. The number of para-hydroxylation sites is 1. The quantitative estimate of drug-likeness (QED) is 0.759. The molecule has 6 nitrogen and oxygen atoms in total. The Morgan fingerprint density at radius 2 is 2.13 bits per heavy atom. The van der Waals surface area contributed by atoms with Gasteiger partial charge in [-0.25, -0.2) is 4.68 Å². The van der Waals surface area contributed by atoms with E-state index in [0.29, 0.717) is 30.3 Å². The van der Waals surface area contributed by atoms with Crippen molar-refractivity contribution in [3.8, 4) is 5.75 Å². The number of hydrogen-bond acceptors (Lipinski definition) is 4. The smallest absolute Gasteiger partial charge is 0.260 e. The number of aromatic nitrogens is 2. The minimum atomic E-state index is -0.241.